The Bertz CT molecular complexity index is 2030. The topological polar surface area (TPSA) is 134 Å². The molecule has 0 spiro atoms. The number of pyridine rings is 1. The van der Waals surface area contributed by atoms with Crippen molar-refractivity contribution in [2.75, 3.05) is 39.1 Å². The van der Waals surface area contributed by atoms with E-state index < -0.39 is 5.91 Å². The van der Waals surface area contributed by atoms with Crippen LogP contribution in [0.15, 0.2) is 48.7 Å². The molecule has 4 aromatic rings. The second kappa shape index (κ2) is 15.2. The maximum absolute atomic E-state index is 13.7. The zero-order valence-electron chi connectivity index (χ0n) is 29.5. The normalized spacial score (nSPS) is 18.7. The first-order chi connectivity index (χ1) is 25.1. The Morgan fingerprint density at radius 1 is 1.04 bits per heavy atom. The number of halogens is 2. The average molecular weight is 746 g/mol. The third-order valence-electron chi connectivity index (χ3n) is 10.4. The molecule has 0 saturated carbocycles. The van der Waals surface area contributed by atoms with Gasteiger partial charge in [-0.15, -0.1) is 0 Å². The number of anilines is 1. The Kier molecular flexibility index (Phi) is 10.5. The first-order valence-electron chi connectivity index (χ1n) is 17.6. The highest BCUT2D eigenvalue weighted by molar-refractivity contribution is 6.39. The molecular weight excluding hydrogens is 703 g/mol. The zero-order valence-corrected chi connectivity index (χ0v) is 31.0. The number of benzene rings is 2. The van der Waals surface area contributed by atoms with Crippen LogP contribution in [-0.4, -0.2) is 87.9 Å². The molecule has 3 aliphatic rings. The van der Waals surface area contributed by atoms with Crippen molar-refractivity contribution < 1.29 is 19.1 Å². The van der Waals surface area contributed by atoms with Crippen LogP contribution in [0, 0.1) is 0 Å². The number of hydrogen-bond acceptors (Lipinski definition) is 8. The van der Waals surface area contributed by atoms with E-state index in [0.717, 1.165) is 48.3 Å². The van der Waals surface area contributed by atoms with Crippen LogP contribution < -0.4 is 20.7 Å². The van der Waals surface area contributed by atoms with Gasteiger partial charge in [0.25, 0.3) is 5.91 Å². The third-order valence-corrected chi connectivity index (χ3v) is 11.1. The van der Waals surface area contributed by atoms with Crippen LogP contribution in [-0.2, 0) is 36.1 Å². The van der Waals surface area contributed by atoms with Crippen molar-refractivity contribution in [3.8, 4) is 28.1 Å². The van der Waals surface area contributed by atoms with Gasteiger partial charge in [0.15, 0.2) is 5.82 Å². The number of carbonyl (C=O) groups excluding carboxylic acids is 3. The summed E-state index contributed by atoms with van der Waals surface area (Å²) < 4.78 is 7.53. The number of aromatic nitrogens is 3. The number of methoxy groups -OCH3 is 1. The van der Waals surface area contributed by atoms with Crippen molar-refractivity contribution in [1.82, 2.24) is 35.0 Å². The van der Waals surface area contributed by atoms with Crippen LogP contribution in [0.5, 0.6) is 5.75 Å². The molecule has 52 heavy (non-hydrogen) atoms. The van der Waals surface area contributed by atoms with Gasteiger partial charge in [0.2, 0.25) is 11.8 Å². The van der Waals surface area contributed by atoms with Gasteiger partial charge in [-0.1, -0.05) is 47.5 Å². The Balaban J connectivity index is 1.07. The molecule has 14 heteroatoms. The van der Waals surface area contributed by atoms with Crippen LogP contribution >= 0.6 is 23.2 Å². The lowest BCUT2D eigenvalue weighted by molar-refractivity contribution is -0.136. The molecule has 2 aromatic heterocycles. The average Bonchev–Trinajstić information content (AvgIpc) is 3.86. The lowest BCUT2D eigenvalue weighted by Gasteiger charge is -2.31. The second-order valence-electron chi connectivity index (χ2n) is 13.6. The molecule has 0 bridgehead atoms. The van der Waals surface area contributed by atoms with E-state index >= 15 is 0 Å². The van der Waals surface area contributed by atoms with Gasteiger partial charge < -0.3 is 30.2 Å². The van der Waals surface area contributed by atoms with Crippen LogP contribution in [0.1, 0.15) is 53.3 Å². The summed E-state index contributed by atoms with van der Waals surface area (Å²) in [7, 11) is 5.44. The Morgan fingerprint density at radius 3 is 2.62 bits per heavy atom. The van der Waals surface area contributed by atoms with Crippen LogP contribution in [0.25, 0.3) is 22.4 Å². The summed E-state index contributed by atoms with van der Waals surface area (Å²) in [4.78, 5) is 51.7. The quantitative estimate of drug-likeness (QED) is 0.205. The summed E-state index contributed by atoms with van der Waals surface area (Å²) >= 11 is 14.0. The predicted molar refractivity (Wildman–Crippen MR) is 200 cm³/mol. The molecule has 3 aliphatic heterocycles. The maximum Gasteiger partial charge on any atom is 0.291 e. The highest BCUT2D eigenvalue weighted by Crippen LogP contribution is 2.41. The zero-order chi connectivity index (χ0) is 36.5. The minimum atomic E-state index is -0.402. The van der Waals surface area contributed by atoms with Crippen molar-refractivity contribution in [3.05, 3.63) is 81.5 Å². The number of likely N-dealkylation sites (N-methyl/N-ethyl adjacent to an activating group) is 1. The number of amides is 3. The smallest absolute Gasteiger partial charge is 0.291 e. The molecule has 2 unspecified atom stereocenters. The number of fused-ring (bicyclic) bond motifs is 1. The molecule has 3 N–H and O–H groups in total. The number of nitrogens with zero attached hydrogens (tertiary/aromatic N) is 5. The van der Waals surface area contributed by atoms with E-state index in [4.69, 9.17) is 32.9 Å². The summed E-state index contributed by atoms with van der Waals surface area (Å²) in [5.74, 6) is 0.751. The monoisotopic (exact) mass is 744 g/mol. The number of imidazole rings is 1. The van der Waals surface area contributed by atoms with Crippen molar-refractivity contribution in [2.45, 2.75) is 57.3 Å². The van der Waals surface area contributed by atoms with Gasteiger partial charge >= 0.3 is 0 Å². The van der Waals surface area contributed by atoms with E-state index in [9.17, 15) is 14.4 Å². The predicted octanol–water partition coefficient (Wildman–Crippen LogP) is 5.06. The molecule has 12 nitrogen and oxygen atoms in total. The van der Waals surface area contributed by atoms with Crippen molar-refractivity contribution >= 4 is 46.6 Å². The highest BCUT2D eigenvalue weighted by atomic mass is 35.5. The maximum atomic E-state index is 13.7. The van der Waals surface area contributed by atoms with Gasteiger partial charge in [-0.2, -0.15) is 0 Å². The van der Waals surface area contributed by atoms with E-state index in [1.807, 2.05) is 53.9 Å². The fourth-order valence-corrected chi connectivity index (χ4v) is 8.07. The minimum Gasteiger partial charge on any atom is -0.496 e. The fourth-order valence-electron chi connectivity index (χ4n) is 7.47. The summed E-state index contributed by atoms with van der Waals surface area (Å²) in [5, 5.41) is 10.1. The van der Waals surface area contributed by atoms with E-state index in [2.05, 4.69) is 25.8 Å². The number of nitrogens with one attached hydrogen (secondary N) is 3. The molecule has 7 rings (SSSR count). The Morgan fingerprint density at radius 2 is 1.87 bits per heavy atom. The van der Waals surface area contributed by atoms with Crippen LogP contribution in [0.4, 0.5) is 5.69 Å². The molecule has 3 amide bonds. The van der Waals surface area contributed by atoms with E-state index in [0.29, 0.717) is 77.3 Å². The van der Waals surface area contributed by atoms with E-state index in [-0.39, 0.29) is 29.7 Å². The first kappa shape index (κ1) is 35.9. The van der Waals surface area contributed by atoms with Crippen LogP contribution in [0.2, 0.25) is 10.0 Å². The second-order valence-corrected chi connectivity index (χ2v) is 14.4. The molecule has 0 aliphatic carbocycles. The van der Waals surface area contributed by atoms with Gasteiger partial charge in [-0.05, 0) is 51.1 Å². The Hall–Kier alpha value is -4.49. The molecule has 2 atom stereocenters. The highest BCUT2D eigenvalue weighted by Gasteiger charge is 2.35. The van der Waals surface area contributed by atoms with Gasteiger partial charge in [-0.3, -0.25) is 24.3 Å². The van der Waals surface area contributed by atoms with Crippen molar-refractivity contribution in [1.29, 1.82) is 0 Å². The molecule has 2 fully saturated rings. The first-order valence-corrected chi connectivity index (χ1v) is 18.3. The van der Waals surface area contributed by atoms with Crippen LogP contribution in [0.3, 0.4) is 0 Å². The third kappa shape index (κ3) is 7.12. The molecular formula is C38H42Cl2N8O4. The number of carbonyl (C=O) groups is 3. The minimum absolute atomic E-state index is 0.0932. The summed E-state index contributed by atoms with van der Waals surface area (Å²) in [5.41, 5.74) is 5.68. The molecule has 5 heterocycles. The van der Waals surface area contributed by atoms with Gasteiger partial charge in [0.05, 0.1) is 46.8 Å². The fraction of sp³-hybridized carbons (Fsp3) is 0.395. The lowest BCUT2D eigenvalue weighted by atomic mass is 10.0. The number of hydrogen-bond donors (Lipinski definition) is 3. The molecule has 2 aromatic carbocycles. The standard InChI is InChI=1S/C38H42Cl2N8O4/c1-46-16-5-8-30(46)38(51)48-17-14-29-28(21-48)44-36(47(29)2)37(50)45-27-7-4-6-25(33(27)39)26-13-15-42-35(34(26)40)22-9-10-23(31(18-22)52-3)19-41-20-24-11-12-32(49)43-24/h4,6-7,9-10,13,15,18,24,30,41H,5,8,11-12,14,16-17,19-21H2,1-3H3,(H,43,49)(H,45,50). The molecule has 272 valence electrons. The summed E-state index contributed by atoms with van der Waals surface area (Å²) in [6, 6.07) is 13.0. The Labute approximate surface area is 312 Å². The number of ether oxygens (including phenoxy) is 1. The van der Waals surface area contributed by atoms with Crippen molar-refractivity contribution in [3.63, 3.8) is 0 Å². The van der Waals surface area contributed by atoms with E-state index in [1.165, 1.54) is 0 Å². The van der Waals surface area contributed by atoms with Gasteiger partial charge in [-0.25, -0.2) is 4.98 Å². The van der Waals surface area contributed by atoms with Gasteiger partial charge in [0.1, 0.15) is 5.75 Å². The number of rotatable bonds is 10. The lowest BCUT2D eigenvalue weighted by Crippen LogP contribution is -2.46. The molecule has 0 radical (unpaired) electrons. The molecule has 2 saturated heterocycles. The van der Waals surface area contributed by atoms with Gasteiger partial charge in [0, 0.05) is 79.7 Å². The largest absolute Gasteiger partial charge is 0.496 e. The van der Waals surface area contributed by atoms with E-state index in [1.54, 1.807) is 25.4 Å². The number of likely N-dealkylation sites (tertiary alicyclic amines) is 1. The SMILES string of the molecule is COc1cc(-c2nccc(-c3cccc(NC(=O)c4nc5c(n4C)CCN(C(=O)C4CCCN4C)C5)c3Cl)c2Cl)ccc1CNCC1CCC(=O)N1. The summed E-state index contributed by atoms with van der Waals surface area (Å²) in [6.45, 7) is 3.15. The van der Waals surface area contributed by atoms with Crippen molar-refractivity contribution in [2.24, 2.45) is 7.05 Å². The summed E-state index contributed by atoms with van der Waals surface area (Å²) in [6.07, 6.45) is 5.58.